The molecule has 0 aliphatic rings. The van der Waals surface area contributed by atoms with Crippen molar-refractivity contribution < 1.29 is 0 Å². The van der Waals surface area contributed by atoms with Gasteiger partial charge in [-0.15, -0.1) is 0 Å². The molecule has 100 valence electrons. The molecule has 0 aliphatic heterocycles. The van der Waals surface area contributed by atoms with Crippen LogP contribution >= 0.6 is 0 Å². The topological polar surface area (TPSA) is 26.0 Å². The predicted molar refractivity (Wildman–Crippen MR) is 91.3 cm³/mol. The molecule has 0 aliphatic carbocycles. The van der Waals surface area contributed by atoms with Gasteiger partial charge < -0.3 is 5.73 Å². The van der Waals surface area contributed by atoms with Gasteiger partial charge in [-0.3, -0.25) is 0 Å². The molecule has 1 heteroatoms. The minimum absolute atomic E-state index is 0.797. The van der Waals surface area contributed by atoms with Gasteiger partial charge in [0.05, 0.1) is 0 Å². The van der Waals surface area contributed by atoms with Crippen LogP contribution in [-0.2, 0) is 0 Å². The lowest BCUT2D eigenvalue weighted by atomic mass is 9.98. The average Bonchev–Trinajstić information content (AvgIpc) is 2.53. The number of benzene rings is 4. The fourth-order valence-electron chi connectivity index (χ4n) is 2.80. The molecule has 0 heterocycles. The Kier molecular flexibility index (Phi) is 2.65. The second kappa shape index (κ2) is 4.64. The third kappa shape index (κ3) is 2.13. The first-order chi connectivity index (χ1) is 10.3. The molecule has 0 radical (unpaired) electrons. The Labute approximate surface area is 123 Å². The first-order valence-corrected chi connectivity index (χ1v) is 7.08. The van der Waals surface area contributed by atoms with E-state index in [0.29, 0.717) is 0 Å². The third-order valence-corrected chi connectivity index (χ3v) is 3.95. The highest BCUT2D eigenvalue weighted by Crippen LogP contribution is 2.28. The lowest BCUT2D eigenvalue weighted by Gasteiger charge is -2.06. The lowest BCUT2D eigenvalue weighted by molar-refractivity contribution is 1.64. The van der Waals surface area contributed by atoms with E-state index in [1.807, 2.05) is 12.1 Å². The summed E-state index contributed by atoms with van der Waals surface area (Å²) in [6, 6.07) is 27.6. The van der Waals surface area contributed by atoms with Crippen LogP contribution in [0.1, 0.15) is 0 Å². The highest BCUT2D eigenvalue weighted by Gasteiger charge is 2.01. The van der Waals surface area contributed by atoms with Gasteiger partial charge in [0.15, 0.2) is 0 Å². The van der Waals surface area contributed by atoms with Crippen molar-refractivity contribution in [1.82, 2.24) is 0 Å². The van der Waals surface area contributed by atoms with E-state index in [0.717, 1.165) is 5.69 Å². The van der Waals surface area contributed by atoms with Crippen molar-refractivity contribution in [3.05, 3.63) is 78.9 Å². The lowest BCUT2D eigenvalue weighted by Crippen LogP contribution is -1.84. The monoisotopic (exact) mass is 269 g/mol. The van der Waals surface area contributed by atoms with Gasteiger partial charge in [-0.25, -0.2) is 0 Å². The average molecular weight is 269 g/mol. The second-order valence-electron chi connectivity index (χ2n) is 5.38. The Morgan fingerprint density at radius 1 is 0.476 bits per heavy atom. The molecule has 1 nitrogen and oxygen atoms in total. The number of anilines is 1. The number of fused-ring (bicyclic) bond motifs is 2. The van der Waals surface area contributed by atoms with E-state index in [1.54, 1.807) is 0 Å². The Bertz CT molecular complexity index is 937. The van der Waals surface area contributed by atoms with E-state index in [4.69, 9.17) is 5.73 Å². The minimum Gasteiger partial charge on any atom is -0.399 e. The van der Waals surface area contributed by atoms with Crippen LogP contribution in [0.4, 0.5) is 5.69 Å². The summed E-state index contributed by atoms with van der Waals surface area (Å²) >= 11 is 0. The second-order valence-corrected chi connectivity index (χ2v) is 5.38. The van der Waals surface area contributed by atoms with Gasteiger partial charge >= 0.3 is 0 Å². The van der Waals surface area contributed by atoms with Crippen LogP contribution in [0.3, 0.4) is 0 Å². The van der Waals surface area contributed by atoms with E-state index in [1.165, 1.54) is 32.7 Å². The molecule has 0 unspecified atom stereocenters. The third-order valence-electron chi connectivity index (χ3n) is 3.95. The summed E-state index contributed by atoms with van der Waals surface area (Å²) in [5, 5.41) is 5.10. The smallest absolute Gasteiger partial charge is 0.0314 e. The summed E-state index contributed by atoms with van der Waals surface area (Å²) in [6.07, 6.45) is 0. The highest BCUT2D eigenvalue weighted by molar-refractivity contribution is 5.99. The zero-order valence-corrected chi connectivity index (χ0v) is 11.6. The molecule has 0 spiro atoms. The molecule has 4 aromatic rings. The number of nitrogens with two attached hydrogens (primary N) is 1. The van der Waals surface area contributed by atoms with Crippen LogP contribution in [0, 0.1) is 0 Å². The van der Waals surface area contributed by atoms with E-state index < -0.39 is 0 Å². The van der Waals surface area contributed by atoms with Gasteiger partial charge in [0.2, 0.25) is 0 Å². The highest BCUT2D eigenvalue weighted by atomic mass is 14.5. The standard InChI is InChI=1S/C20H15N/c21-20-9-7-14(8-10-20)17-5-6-18-11-15-3-1-2-4-16(15)12-19(18)13-17/h1-13H,21H2. The van der Waals surface area contributed by atoms with Crippen LogP contribution in [0.5, 0.6) is 0 Å². The van der Waals surface area contributed by atoms with Crippen molar-refractivity contribution in [2.45, 2.75) is 0 Å². The Hall–Kier alpha value is -2.80. The molecule has 0 saturated heterocycles. The summed E-state index contributed by atoms with van der Waals surface area (Å²) in [7, 11) is 0. The normalized spacial score (nSPS) is 11.0. The minimum atomic E-state index is 0.797. The van der Waals surface area contributed by atoms with Crippen LogP contribution in [0.25, 0.3) is 32.7 Å². The van der Waals surface area contributed by atoms with Crippen molar-refractivity contribution >= 4 is 27.2 Å². The Morgan fingerprint density at radius 2 is 1.05 bits per heavy atom. The molecule has 4 rings (SSSR count). The number of rotatable bonds is 1. The van der Waals surface area contributed by atoms with Gasteiger partial charge in [-0.05, 0) is 63.0 Å². The van der Waals surface area contributed by atoms with E-state index in [9.17, 15) is 0 Å². The molecule has 0 fully saturated rings. The maximum Gasteiger partial charge on any atom is 0.0314 e. The first kappa shape index (κ1) is 12.0. The molecular formula is C20H15N. The number of hydrogen-bond donors (Lipinski definition) is 1. The van der Waals surface area contributed by atoms with Crippen LogP contribution < -0.4 is 5.73 Å². The predicted octanol–water partition coefficient (Wildman–Crippen LogP) is 5.24. The zero-order chi connectivity index (χ0) is 14.2. The van der Waals surface area contributed by atoms with Crippen LogP contribution in [0.2, 0.25) is 0 Å². The molecule has 0 bridgehead atoms. The van der Waals surface area contributed by atoms with Gasteiger partial charge in [0.25, 0.3) is 0 Å². The van der Waals surface area contributed by atoms with Crippen LogP contribution in [0.15, 0.2) is 78.9 Å². The van der Waals surface area contributed by atoms with Crippen molar-refractivity contribution in [3.63, 3.8) is 0 Å². The summed E-state index contributed by atoms with van der Waals surface area (Å²) < 4.78 is 0. The summed E-state index contributed by atoms with van der Waals surface area (Å²) in [5.41, 5.74) is 8.97. The van der Waals surface area contributed by atoms with Crippen molar-refractivity contribution in [2.24, 2.45) is 0 Å². The quantitative estimate of drug-likeness (QED) is 0.371. The molecule has 4 aromatic carbocycles. The van der Waals surface area contributed by atoms with Crippen molar-refractivity contribution in [3.8, 4) is 11.1 Å². The largest absolute Gasteiger partial charge is 0.399 e. The van der Waals surface area contributed by atoms with Crippen molar-refractivity contribution in [1.29, 1.82) is 0 Å². The number of hydrogen-bond acceptors (Lipinski definition) is 1. The maximum absolute atomic E-state index is 5.76. The van der Waals surface area contributed by atoms with Crippen molar-refractivity contribution in [2.75, 3.05) is 5.73 Å². The maximum atomic E-state index is 5.76. The van der Waals surface area contributed by atoms with E-state index >= 15 is 0 Å². The fourth-order valence-corrected chi connectivity index (χ4v) is 2.80. The number of nitrogen functional groups attached to an aromatic ring is 1. The molecule has 0 atom stereocenters. The fraction of sp³-hybridized carbons (Fsp3) is 0. The summed E-state index contributed by atoms with van der Waals surface area (Å²) in [5.74, 6) is 0. The first-order valence-electron chi connectivity index (χ1n) is 7.08. The zero-order valence-electron chi connectivity index (χ0n) is 11.6. The van der Waals surface area contributed by atoms with Gasteiger partial charge in [-0.2, -0.15) is 0 Å². The molecule has 2 N–H and O–H groups in total. The summed E-state index contributed by atoms with van der Waals surface area (Å²) in [4.78, 5) is 0. The SMILES string of the molecule is Nc1ccc(-c2ccc3cc4ccccc4cc3c2)cc1. The molecule has 0 aromatic heterocycles. The summed E-state index contributed by atoms with van der Waals surface area (Å²) in [6.45, 7) is 0. The Balaban J connectivity index is 1.92. The molecule has 0 amide bonds. The van der Waals surface area contributed by atoms with Gasteiger partial charge in [0.1, 0.15) is 0 Å². The van der Waals surface area contributed by atoms with Gasteiger partial charge in [-0.1, -0.05) is 48.5 Å². The Morgan fingerprint density at radius 3 is 1.76 bits per heavy atom. The van der Waals surface area contributed by atoms with Gasteiger partial charge in [0, 0.05) is 5.69 Å². The molecular weight excluding hydrogens is 254 g/mol. The molecule has 0 saturated carbocycles. The van der Waals surface area contributed by atoms with Crippen LogP contribution in [-0.4, -0.2) is 0 Å². The van der Waals surface area contributed by atoms with E-state index in [2.05, 4.69) is 66.7 Å². The van der Waals surface area contributed by atoms with E-state index in [-0.39, 0.29) is 0 Å². The molecule has 21 heavy (non-hydrogen) atoms.